The molecule has 2 aromatic heterocycles. The van der Waals surface area contributed by atoms with Gasteiger partial charge in [-0.3, -0.25) is 0 Å². The van der Waals surface area contributed by atoms with Gasteiger partial charge in [0.15, 0.2) is 0 Å². The third kappa shape index (κ3) is 3.01. The molecule has 1 saturated heterocycles. The molecule has 0 saturated carbocycles. The van der Waals surface area contributed by atoms with Gasteiger partial charge >= 0.3 is 0 Å². The summed E-state index contributed by atoms with van der Waals surface area (Å²) in [7, 11) is 2.14. The van der Waals surface area contributed by atoms with E-state index in [0.717, 1.165) is 67.9 Å². The zero-order chi connectivity index (χ0) is 15.8. The predicted molar refractivity (Wildman–Crippen MR) is 92.7 cm³/mol. The zero-order valence-electron chi connectivity index (χ0n) is 13.2. The lowest BCUT2D eigenvalue weighted by atomic mass is 10.2. The van der Waals surface area contributed by atoms with Gasteiger partial charge in [-0.2, -0.15) is 4.98 Å². The van der Waals surface area contributed by atoms with Gasteiger partial charge < -0.3 is 20.9 Å². The third-order valence-electron chi connectivity index (χ3n) is 4.38. The lowest BCUT2D eigenvalue weighted by Crippen LogP contribution is -2.44. The number of thiazole rings is 1. The highest BCUT2D eigenvalue weighted by atomic mass is 32.1. The molecule has 2 aromatic rings. The Morgan fingerprint density at radius 3 is 2.78 bits per heavy atom. The number of hydrogen-bond acceptors (Lipinski definition) is 8. The highest BCUT2D eigenvalue weighted by molar-refractivity contribution is 7.15. The van der Waals surface area contributed by atoms with Crippen LogP contribution in [0.4, 0.5) is 11.8 Å². The number of nitrogens with one attached hydrogen (secondary N) is 1. The highest BCUT2D eigenvalue weighted by Gasteiger charge is 2.20. The number of likely N-dealkylation sites (N-methyl/N-ethyl adjacent to an activating group) is 1. The summed E-state index contributed by atoms with van der Waals surface area (Å²) in [6.45, 7) is 5.87. The molecule has 8 heteroatoms. The summed E-state index contributed by atoms with van der Waals surface area (Å²) in [5.74, 6) is 1.23. The van der Waals surface area contributed by atoms with Crippen molar-refractivity contribution in [3.05, 3.63) is 16.6 Å². The molecule has 0 aromatic carbocycles. The van der Waals surface area contributed by atoms with Crippen LogP contribution in [0.1, 0.15) is 10.6 Å². The molecule has 0 spiro atoms. The molecule has 0 atom stereocenters. The van der Waals surface area contributed by atoms with E-state index in [2.05, 4.69) is 32.1 Å². The van der Waals surface area contributed by atoms with Crippen LogP contribution in [0.25, 0.3) is 10.7 Å². The van der Waals surface area contributed by atoms with Crippen molar-refractivity contribution >= 4 is 23.1 Å². The van der Waals surface area contributed by atoms with Gasteiger partial charge in [0.1, 0.15) is 16.5 Å². The molecule has 122 valence electrons. The molecule has 2 aliphatic heterocycles. The van der Waals surface area contributed by atoms with Crippen LogP contribution in [0.15, 0.2) is 6.07 Å². The van der Waals surface area contributed by atoms with Crippen molar-refractivity contribution < 1.29 is 0 Å². The first-order chi connectivity index (χ1) is 11.2. The van der Waals surface area contributed by atoms with Crippen LogP contribution in [0.3, 0.4) is 0 Å². The van der Waals surface area contributed by atoms with Crippen LogP contribution in [-0.4, -0.2) is 59.6 Å². The minimum absolute atomic E-state index is 0.322. The van der Waals surface area contributed by atoms with Crippen LogP contribution in [-0.2, 0) is 13.0 Å². The van der Waals surface area contributed by atoms with Crippen molar-refractivity contribution in [2.75, 3.05) is 50.4 Å². The van der Waals surface area contributed by atoms with E-state index < -0.39 is 0 Å². The second-order valence-electron chi connectivity index (χ2n) is 6.08. The van der Waals surface area contributed by atoms with Crippen molar-refractivity contribution in [1.29, 1.82) is 0 Å². The monoisotopic (exact) mass is 331 g/mol. The topological polar surface area (TPSA) is 83.2 Å². The molecule has 0 aliphatic carbocycles. The van der Waals surface area contributed by atoms with E-state index in [9.17, 15) is 0 Å². The molecule has 0 bridgehead atoms. The van der Waals surface area contributed by atoms with Crippen molar-refractivity contribution in [2.24, 2.45) is 0 Å². The molecule has 3 N–H and O–H groups in total. The maximum Gasteiger partial charge on any atom is 0.222 e. The molecule has 0 radical (unpaired) electrons. The summed E-state index contributed by atoms with van der Waals surface area (Å²) < 4.78 is 0. The number of hydrogen-bond donors (Lipinski definition) is 2. The molecule has 0 unspecified atom stereocenters. The van der Waals surface area contributed by atoms with Gasteiger partial charge in [0.2, 0.25) is 5.95 Å². The summed E-state index contributed by atoms with van der Waals surface area (Å²) in [5.41, 5.74) is 7.94. The molecule has 2 aliphatic rings. The fourth-order valence-corrected chi connectivity index (χ4v) is 4.03. The number of aromatic nitrogens is 3. The number of nitrogen functional groups attached to an aromatic ring is 1. The Bertz CT molecular complexity index is 682. The van der Waals surface area contributed by atoms with Gasteiger partial charge in [0.05, 0.1) is 5.69 Å². The van der Waals surface area contributed by atoms with Crippen LogP contribution in [0, 0.1) is 0 Å². The number of fused-ring (bicyclic) bond motifs is 1. The van der Waals surface area contributed by atoms with Crippen molar-refractivity contribution in [2.45, 2.75) is 13.0 Å². The average molecular weight is 331 g/mol. The molecule has 4 rings (SSSR count). The Labute approximate surface area is 139 Å². The lowest BCUT2D eigenvalue weighted by molar-refractivity contribution is 0.312. The van der Waals surface area contributed by atoms with Gasteiger partial charge in [-0.15, -0.1) is 11.3 Å². The maximum absolute atomic E-state index is 5.96. The Balaban J connectivity index is 1.65. The van der Waals surface area contributed by atoms with E-state index in [4.69, 9.17) is 10.7 Å². The lowest BCUT2D eigenvalue weighted by Gasteiger charge is -2.33. The Morgan fingerprint density at radius 1 is 1.17 bits per heavy atom. The highest BCUT2D eigenvalue weighted by Crippen LogP contribution is 2.30. The molecule has 7 nitrogen and oxygen atoms in total. The molecule has 0 amide bonds. The Hall–Kier alpha value is -1.77. The van der Waals surface area contributed by atoms with E-state index in [-0.39, 0.29) is 0 Å². The molecular weight excluding hydrogens is 310 g/mol. The number of nitrogens with zero attached hydrogens (tertiary/aromatic N) is 5. The summed E-state index contributed by atoms with van der Waals surface area (Å²) >= 11 is 1.73. The van der Waals surface area contributed by atoms with E-state index in [1.165, 1.54) is 4.88 Å². The second kappa shape index (κ2) is 6.03. The summed E-state index contributed by atoms with van der Waals surface area (Å²) in [4.78, 5) is 19.5. The number of anilines is 2. The number of piperazine rings is 1. The maximum atomic E-state index is 5.96. The average Bonchev–Trinajstić information content (AvgIpc) is 2.99. The van der Waals surface area contributed by atoms with Crippen LogP contribution >= 0.6 is 11.3 Å². The first-order valence-electron chi connectivity index (χ1n) is 7.97. The summed E-state index contributed by atoms with van der Waals surface area (Å²) in [6.07, 6.45) is 1.04. The summed E-state index contributed by atoms with van der Waals surface area (Å²) in [5, 5.41) is 4.31. The standard InChI is InChI=1S/C15H21N7S/c1-21-4-6-22(7-5-21)13-8-10(19-15(16)20-13)14-18-11-9-17-3-2-12(11)23-14/h8,17H,2-7,9H2,1H3,(H2,16,19,20). The molecule has 1 fully saturated rings. The molecule has 4 heterocycles. The van der Waals surface area contributed by atoms with Crippen LogP contribution in [0.5, 0.6) is 0 Å². The number of rotatable bonds is 2. The Kier molecular flexibility index (Phi) is 3.88. The van der Waals surface area contributed by atoms with Gasteiger partial charge in [-0.25, -0.2) is 9.97 Å². The molecule has 23 heavy (non-hydrogen) atoms. The smallest absolute Gasteiger partial charge is 0.222 e. The quantitative estimate of drug-likeness (QED) is 0.833. The normalized spacial score (nSPS) is 18.9. The predicted octanol–water partition coefficient (Wildman–Crippen LogP) is 0.580. The van der Waals surface area contributed by atoms with E-state index in [1.54, 1.807) is 11.3 Å². The van der Waals surface area contributed by atoms with Crippen molar-refractivity contribution in [1.82, 2.24) is 25.2 Å². The fraction of sp³-hybridized carbons (Fsp3) is 0.533. The van der Waals surface area contributed by atoms with Crippen LogP contribution < -0.4 is 16.0 Å². The van der Waals surface area contributed by atoms with E-state index in [1.807, 2.05) is 6.07 Å². The largest absolute Gasteiger partial charge is 0.368 e. The van der Waals surface area contributed by atoms with Crippen molar-refractivity contribution in [3.8, 4) is 10.7 Å². The van der Waals surface area contributed by atoms with E-state index >= 15 is 0 Å². The minimum atomic E-state index is 0.322. The summed E-state index contributed by atoms with van der Waals surface area (Å²) in [6, 6.07) is 2.03. The van der Waals surface area contributed by atoms with E-state index in [0.29, 0.717) is 5.95 Å². The number of nitrogens with two attached hydrogens (primary N) is 1. The molecular formula is C15H21N7S. The second-order valence-corrected chi connectivity index (χ2v) is 7.16. The Morgan fingerprint density at radius 2 is 2.00 bits per heavy atom. The van der Waals surface area contributed by atoms with Gasteiger partial charge in [0, 0.05) is 50.2 Å². The van der Waals surface area contributed by atoms with Crippen molar-refractivity contribution in [3.63, 3.8) is 0 Å². The third-order valence-corrected chi connectivity index (χ3v) is 5.56. The van der Waals surface area contributed by atoms with Gasteiger partial charge in [0.25, 0.3) is 0 Å². The SMILES string of the molecule is CN1CCN(c2cc(-c3nc4c(s3)CCNC4)nc(N)n2)CC1. The minimum Gasteiger partial charge on any atom is -0.368 e. The first kappa shape index (κ1) is 14.8. The fourth-order valence-electron chi connectivity index (χ4n) is 2.99. The first-order valence-corrected chi connectivity index (χ1v) is 8.78. The van der Waals surface area contributed by atoms with Gasteiger partial charge in [-0.1, -0.05) is 0 Å². The zero-order valence-corrected chi connectivity index (χ0v) is 14.1. The van der Waals surface area contributed by atoms with Gasteiger partial charge in [-0.05, 0) is 13.5 Å². The van der Waals surface area contributed by atoms with Crippen LogP contribution in [0.2, 0.25) is 0 Å².